The number of ether oxygens (including phenoxy) is 2. The van der Waals surface area contributed by atoms with Crippen molar-refractivity contribution in [3.63, 3.8) is 0 Å². The minimum Gasteiger partial charge on any atom is -0.497 e. The number of aromatic nitrogens is 1. The lowest BCUT2D eigenvalue weighted by atomic mass is 10.0. The highest BCUT2D eigenvalue weighted by Gasteiger charge is 2.37. The van der Waals surface area contributed by atoms with Crippen LogP contribution in [-0.4, -0.2) is 68.7 Å². The Morgan fingerprint density at radius 2 is 1.72 bits per heavy atom. The molecule has 238 valence electrons. The van der Waals surface area contributed by atoms with E-state index in [9.17, 15) is 23.3 Å². The van der Waals surface area contributed by atoms with E-state index in [0.29, 0.717) is 46.8 Å². The molecule has 0 aliphatic carbocycles. The molecular formula is C34H35N5O6S. The van der Waals surface area contributed by atoms with Gasteiger partial charge in [0.1, 0.15) is 17.5 Å². The standard InChI is InChI=1S/C34H35N5O6S/c1-44-27-15-14-26(30(21-27)45-2)20-31(46(42,43)38-28-9-5-7-25-8-6-16-36-32(25)28)33(40)37-29(34(41)39-17-3-4-18-39)19-23-10-12-24(22-35)13-11-23/h5-16,21,29,31,38H,3-4,17-20H2,1-2H3,(H,37,40). The molecule has 4 aromatic rings. The highest BCUT2D eigenvalue weighted by atomic mass is 32.2. The van der Waals surface area contributed by atoms with Gasteiger partial charge in [0, 0.05) is 43.6 Å². The molecule has 2 N–H and O–H groups in total. The van der Waals surface area contributed by atoms with Crippen LogP contribution in [0.5, 0.6) is 11.5 Å². The maximum atomic E-state index is 14.2. The van der Waals surface area contributed by atoms with Crippen LogP contribution >= 0.6 is 0 Å². The van der Waals surface area contributed by atoms with Gasteiger partial charge < -0.3 is 19.7 Å². The Balaban J connectivity index is 1.51. The summed E-state index contributed by atoms with van der Waals surface area (Å²) in [5, 5.41) is 11.0. The molecule has 2 heterocycles. The van der Waals surface area contributed by atoms with E-state index in [1.807, 2.05) is 12.1 Å². The average molecular weight is 642 g/mol. The van der Waals surface area contributed by atoms with Crippen LogP contribution in [0.2, 0.25) is 0 Å². The highest BCUT2D eigenvalue weighted by molar-refractivity contribution is 7.94. The second kappa shape index (κ2) is 14.3. The summed E-state index contributed by atoms with van der Waals surface area (Å²) < 4.78 is 41.7. The number of methoxy groups -OCH3 is 2. The number of nitrogens with one attached hydrogen (secondary N) is 2. The van der Waals surface area contributed by atoms with E-state index >= 15 is 0 Å². The molecule has 0 saturated carbocycles. The number of nitriles is 1. The van der Waals surface area contributed by atoms with Gasteiger partial charge in [-0.3, -0.25) is 19.3 Å². The van der Waals surface area contributed by atoms with Gasteiger partial charge in [-0.05, 0) is 54.3 Å². The first-order chi connectivity index (χ1) is 22.2. The first-order valence-electron chi connectivity index (χ1n) is 14.9. The van der Waals surface area contributed by atoms with E-state index in [1.165, 1.54) is 14.2 Å². The van der Waals surface area contributed by atoms with Gasteiger partial charge in [-0.1, -0.05) is 36.4 Å². The number of benzene rings is 3. The fourth-order valence-electron chi connectivity index (χ4n) is 5.55. The molecule has 1 fully saturated rings. The predicted octanol–water partition coefficient (Wildman–Crippen LogP) is 3.83. The molecule has 3 aromatic carbocycles. The Bertz CT molecular complexity index is 1860. The SMILES string of the molecule is COc1ccc(CC(C(=O)NC(Cc2ccc(C#N)cc2)C(=O)N2CCCC2)S(=O)(=O)Nc2cccc3cccnc23)c(OC)c1. The van der Waals surface area contributed by atoms with E-state index in [1.54, 1.807) is 71.8 Å². The first-order valence-corrected chi connectivity index (χ1v) is 16.4. The number of amides is 2. The molecule has 2 unspecified atom stereocenters. The van der Waals surface area contributed by atoms with Gasteiger partial charge in [0.25, 0.3) is 0 Å². The number of pyridine rings is 1. The minimum absolute atomic E-state index is 0.117. The summed E-state index contributed by atoms with van der Waals surface area (Å²) in [5.41, 5.74) is 2.29. The smallest absolute Gasteiger partial charge is 0.245 e. The second-order valence-electron chi connectivity index (χ2n) is 11.0. The van der Waals surface area contributed by atoms with Gasteiger partial charge >= 0.3 is 0 Å². The van der Waals surface area contributed by atoms with Crippen LogP contribution < -0.4 is 19.5 Å². The lowest BCUT2D eigenvalue weighted by molar-refractivity contribution is -0.135. The van der Waals surface area contributed by atoms with Crippen molar-refractivity contribution < 1.29 is 27.5 Å². The number of fused-ring (bicyclic) bond motifs is 1. The largest absolute Gasteiger partial charge is 0.497 e. The van der Waals surface area contributed by atoms with Gasteiger partial charge in [0.05, 0.1) is 37.1 Å². The van der Waals surface area contributed by atoms with Crippen LogP contribution in [0.3, 0.4) is 0 Å². The maximum absolute atomic E-state index is 14.2. The lowest BCUT2D eigenvalue weighted by Crippen LogP contribution is -2.53. The number of hydrogen-bond acceptors (Lipinski definition) is 8. The van der Waals surface area contributed by atoms with Crippen LogP contribution in [-0.2, 0) is 32.5 Å². The van der Waals surface area contributed by atoms with E-state index in [4.69, 9.17) is 9.47 Å². The first kappa shape index (κ1) is 32.2. The van der Waals surface area contributed by atoms with Crippen molar-refractivity contribution in [3.05, 3.63) is 95.7 Å². The molecule has 11 nitrogen and oxygen atoms in total. The van der Waals surface area contributed by atoms with Crippen LogP contribution in [0.1, 0.15) is 29.5 Å². The molecule has 46 heavy (non-hydrogen) atoms. The van der Waals surface area contributed by atoms with Crippen molar-refractivity contribution in [2.75, 3.05) is 32.0 Å². The van der Waals surface area contributed by atoms with Gasteiger partial charge in [-0.25, -0.2) is 8.42 Å². The second-order valence-corrected chi connectivity index (χ2v) is 12.9. The van der Waals surface area contributed by atoms with E-state index in [0.717, 1.165) is 18.2 Å². The van der Waals surface area contributed by atoms with E-state index in [2.05, 4.69) is 21.1 Å². The zero-order valence-electron chi connectivity index (χ0n) is 25.6. The van der Waals surface area contributed by atoms with Crippen molar-refractivity contribution in [3.8, 4) is 17.6 Å². The molecular weight excluding hydrogens is 606 g/mol. The summed E-state index contributed by atoms with van der Waals surface area (Å²) in [6, 6.07) is 21.3. The zero-order chi connectivity index (χ0) is 32.7. The number of nitrogens with zero attached hydrogens (tertiary/aromatic N) is 3. The Kier molecular flexibility index (Phi) is 10.0. The van der Waals surface area contributed by atoms with Crippen LogP contribution in [0, 0.1) is 11.3 Å². The lowest BCUT2D eigenvalue weighted by Gasteiger charge is -2.27. The topological polar surface area (TPSA) is 151 Å². The Morgan fingerprint density at radius 1 is 0.978 bits per heavy atom. The summed E-state index contributed by atoms with van der Waals surface area (Å²) in [4.78, 5) is 33.9. The van der Waals surface area contributed by atoms with Crippen molar-refractivity contribution >= 4 is 38.4 Å². The Labute approximate surface area is 268 Å². The highest BCUT2D eigenvalue weighted by Crippen LogP contribution is 2.29. The number of anilines is 1. The molecule has 1 saturated heterocycles. The van der Waals surface area contributed by atoms with Gasteiger partial charge in [-0.2, -0.15) is 5.26 Å². The summed E-state index contributed by atoms with van der Waals surface area (Å²) in [7, 11) is -1.48. The third-order valence-corrected chi connectivity index (χ3v) is 9.64. The van der Waals surface area contributed by atoms with E-state index in [-0.39, 0.29) is 24.4 Å². The van der Waals surface area contributed by atoms with Crippen LogP contribution in [0.25, 0.3) is 10.9 Å². The monoisotopic (exact) mass is 641 g/mol. The normalized spacial score (nSPS) is 14.2. The number of rotatable bonds is 12. The number of sulfonamides is 1. The van der Waals surface area contributed by atoms with E-state index < -0.39 is 27.2 Å². The molecule has 5 rings (SSSR count). The number of carbonyl (C=O) groups is 2. The molecule has 0 radical (unpaired) electrons. The third-order valence-electron chi connectivity index (χ3n) is 8.01. The van der Waals surface area contributed by atoms with Crippen LogP contribution in [0.15, 0.2) is 79.0 Å². The number of likely N-dealkylation sites (tertiary alicyclic amines) is 1. The number of carbonyl (C=O) groups excluding carboxylic acids is 2. The van der Waals surface area contributed by atoms with Crippen molar-refractivity contribution in [1.29, 1.82) is 5.26 Å². The fourth-order valence-corrected chi connectivity index (χ4v) is 6.91. The molecule has 12 heteroatoms. The van der Waals surface area contributed by atoms with Gasteiger partial charge in [0.2, 0.25) is 21.8 Å². The quantitative estimate of drug-likeness (QED) is 0.237. The molecule has 1 aromatic heterocycles. The molecule has 1 aliphatic heterocycles. The summed E-state index contributed by atoms with van der Waals surface area (Å²) in [6.45, 7) is 1.11. The number of para-hydroxylation sites is 1. The Morgan fingerprint density at radius 3 is 2.41 bits per heavy atom. The number of hydrogen-bond donors (Lipinski definition) is 2. The van der Waals surface area contributed by atoms with Crippen molar-refractivity contribution in [1.82, 2.24) is 15.2 Å². The van der Waals surface area contributed by atoms with Crippen LogP contribution in [0.4, 0.5) is 5.69 Å². The maximum Gasteiger partial charge on any atom is 0.245 e. The van der Waals surface area contributed by atoms with Crippen molar-refractivity contribution in [2.45, 2.75) is 37.0 Å². The zero-order valence-corrected chi connectivity index (χ0v) is 26.4. The summed E-state index contributed by atoms with van der Waals surface area (Å²) in [5.74, 6) is -0.283. The molecule has 0 spiro atoms. The summed E-state index contributed by atoms with van der Waals surface area (Å²) in [6.07, 6.45) is 3.12. The van der Waals surface area contributed by atoms with Crippen molar-refractivity contribution in [2.24, 2.45) is 0 Å². The van der Waals surface area contributed by atoms with Gasteiger partial charge in [0.15, 0.2) is 5.25 Å². The predicted molar refractivity (Wildman–Crippen MR) is 174 cm³/mol. The average Bonchev–Trinajstić information content (AvgIpc) is 3.62. The molecule has 2 atom stereocenters. The summed E-state index contributed by atoms with van der Waals surface area (Å²) >= 11 is 0. The van der Waals surface area contributed by atoms with Gasteiger partial charge in [-0.15, -0.1) is 0 Å². The molecule has 2 amide bonds. The third kappa shape index (κ3) is 7.38. The molecule has 1 aliphatic rings. The minimum atomic E-state index is -4.43. The molecule has 0 bridgehead atoms. The Hall–Kier alpha value is -5.15. The fraction of sp³-hybridized carbons (Fsp3) is 0.294.